The Morgan fingerprint density at radius 1 is 1.18 bits per heavy atom. The van der Waals surface area contributed by atoms with Crippen LogP contribution in [0.25, 0.3) is 0 Å². The average Bonchev–Trinajstić information content (AvgIpc) is 2.53. The minimum atomic E-state index is 0.744. The quantitative estimate of drug-likeness (QED) is 0.232. The number of nitrogens with one attached hydrogen (secondary N) is 1. The molecule has 0 atom stereocenters. The minimum Gasteiger partial charge on any atom is -0.317 e. The smallest absolute Gasteiger partial charge is 0.0569 e. The molecule has 0 radical (unpaired) electrons. The third-order valence-electron chi connectivity index (χ3n) is 3.00. The van der Waals surface area contributed by atoms with Crippen molar-refractivity contribution in [3.05, 3.63) is 11.9 Å². The molecule has 4 nitrogen and oxygen atoms in total. The van der Waals surface area contributed by atoms with Crippen LogP contribution < -0.4 is 5.84 Å². The van der Waals surface area contributed by atoms with E-state index in [2.05, 4.69) is 39.2 Å². The van der Waals surface area contributed by atoms with Crippen LogP contribution in [-0.2, 0) is 0 Å². The van der Waals surface area contributed by atoms with Crippen molar-refractivity contribution in [2.24, 2.45) is 16.8 Å². The SMILES string of the molecule is C=N.C=N/C(=C\N(N)CCCC(C)C)CCCCCC.CC. The molecule has 0 spiro atoms. The number of rotatable bonds is 11. The number of hydrogen-bond acceptors (Lipinski definition) is 4. The van der Waals surface area contributed by atoms with Crippen molar-refractivity contribution in [1.82, 2.24) is 5.01 Å². The van der Waals surface area contributed by atoms with Gasteiger partial charge in [0, 0.05) is 12.7 Å². The molecule has 0 aromatic heterocycles. The van der Waals surface area contributed by atoms with E-state index in [0.29, 0.717) is 0 Å². The van der Waals surface area contributed by atoms with Gasteiger partial charge in [0.15, 0.2) is 0 Å². The molecule has 22 heavy (non-hydrogen) atoms. The summed E-state index contributed by atoms with van der Waals surface area (Å²) in [6.45, 7) is 17.7. The molecule has 0 aromatic rings. The highest BCUT2D eigenvalue weighted by molar-refractivity contribution is 5.28. The van der Waals surface area contributed by atoms with Crippen molar-refractivity contribution >= 4 is 13.4 Å². The Labute approximate surface area is 139 Å². The van der Waals surface area contributed by atoms with Gasteiger partial charge in [0.05, 0.1) is 5.70 Å². The average molecular weight is 313 g/mol. The molecule has 4 heteroatoms. The molecule has 132 valence electrons. The van der Waals surface area contributed by atoms with Crippen molar-refractivity contribution in [3.63, 3.8) is 0 Å². The summed E-state index contributed by atoms with van der Waals surface area (Å²) in [6, 6.07) is 0. The number of nitrogens with zero attached hydrogens (tertiary/aromatic N) is 2. The first-order chi connectivity index (χ1) is 10.6. The molecule has 0 fully saturated rings. The zero-order valence-electron chi connectivity index (χ0n) is 15.7. The van der Waals surface area contributed by atoms with Crippen molar-refractivity contribution in [2.45, 2.75) is 79.6 Å². The van der Waals surface area contributed by atoms with Gasteiger partial charge in [-0.25, -0.2) is 5.84 Å². The lowest BCUT2D eigenvalue weighted by Crippen LogP contribution is -2.26. The maximum Gasteiger partial charge on any atom is 0.0569 e. The van der Waals surface area contributed by atoms with E-state index >= 15 is 0 Å². The topological polar surface area (TPSA) is 65.5 Å². The van der Waals surface area contributed by atoms with Gasteiger partial charge in [0.2, 0.25) is 0 Å². The van der Waals surface area contributed by atoms with Gasteiger partial charge in [-0.2, -0.15) is 0 Å². The first-order valence-electron chi connectivity index (χ1n) is 8.64. The maximum atomic E-state index is 5.94. The molecule has 0 heterocycles. The van der Waals surface area contributed by atoms with E-state index in [-0.39, 0.29) is 0 Å². The van der Waals surface area contributed by atoms with E-state index < -0.39 is 0 Å². The van der Waals surface area contributed by atoms with Crippen LogP contribution in [0.5, 0.6) is 0 Å². The summed E-state index contributed by atoms with van der Waals surface area (Å²) in [5.74, 6) is 6.68. The van der Waals surface area contributed by atoms with Crippen molar-refractivity contribution in [2.75, 3.05) is 6.54 Å². The summed E-state index contributed by atoms with van der Waals surface area (Å²) < 4.78 is 0. The number of unbranched alkanes of at least 4 members (excludes halogenated alkanes) is 3. The molecule has 0 unspecified atom stereocenters. The Kier molecular flexibility index (Phi) is 25.9. The second-order valence-electron chi connectivity index (χ2n) is 5.36. The monoisotopic (exact) mass is 312 g/mol. The molecule has 0 rings (SSSR count). The molecule has 0 aliphatic rings. The standard InChI is InChI=1S/C15H31N3.C2H6.CH3N/c1-5-6-7-8-11-15(17-4)13-18(16)12-9-10-14(2)3;2*1-2/h13-14H,4-12,16H2,1-3H3;1-2H3;2H,1H2/b15-13-;;. The molecule has 0 bridgehead atoms. The van der Waals surface area contributed by atoms with E-state index in [1.807, 2.05) is 20.0 Å². The first-order valence-corrected chi connectivity index (χ1v) is 8.64. The molecule has 0 aliphatic carbocycles. The zero-order chi connectivity index (χ0) is 17.8. The molecule has 3 N–H and O–H groups in total. The number of nitrogens with two attached hydrogens (primary N) is 1. The normalized spacial score (nSPS) is 10.2. The summed E-state index contributed by atoms with van der Waals surface area (Å²) in [7, 11) is 0. The largest absolute Gasteiger partial charge is 0.317 e. The third kappa shape index (κ3) is 21.1. The summed E-state index contributed by atoms with van der Waals surface area (Å²) >= 11 is 0. The summed E-state index contributed by atoms with van der Waals surface area (Å²) in [6.07, 6.45) is 10.3. The lowest BCUT2D eigenvalue weighted by molar-refractivity contribution is 0.363. The van der Waals surface area contributed by atoms with Crippen LogP contribution in [-0.4, -0.2) is 25.0 Å². The number of hydrazine groups is 1. The fourth-order valence-electron chi connectivity index (χ4n) is 1.86. The Hall–Kier alpha value is -1.16. The Balaban J connectivity index is -0.000000826. The Morgan fingerprint density at radius 2 is 1.77 bits per heavy atom. The number of hydrogen-bond donors (Lipinski definition) is 2. The number of aliphatic imine (C=N–C) groups is 1. The van der Waals surface area contributed by atoms with Gasteiger partial charge in [0.25, 0.3) is 0 Å². The van der Waals surface area contributed by atoms with E-state index in [9.17, 15) is 0 Å². The summed E-state index contributed by atoms with van der Waals surface area (Å²) in [5, 5.41) is 7.26. The molecule has 0 aromatic carbocycles. The van der Waals surface area contributed by atoms with Crippen molar-refractivity contribution in [1.29, 1.82) is 5.41 Å². The van der Waals surface area contributed by atoms with Crippen LogP contribution in [0.2, 0.25) is 0 Å². The molecule has 0 saturated carbocycles. The van der Waals surface area contributed by atoms with E-state index in [1.54, 1.807) is 5.01 Å². The van der Waals surface area contributed by atoms with Crippen LogP contribution >= 0.6 is 0 Å². The molecule has 0 saturated heterocycles. The number of allylic oxidation sites excluding steroid dienone is 1. The van der Waals surface area contributed by atoms with Crippen molar-refractivity contribution in [3.8, 4) is 0 Å². The van der Waals surface area contributed by atoms with Gasteiger partial charge in [0.1, 0.15) is 0 Å². The van der Waals surface area contributed by atoms with Crippen LogP contribution in [0, 0.1) is 11.3 Å². The van der Waals surface area contributed by atoms with Gasteiger partial charge in [-0.15, -0.1) is 0 Å². The predicted octanol–water partition coefficient (Wildman–Crippen LogP) is 5.40. The fourth-order valence-corrected chi connectivity index (χ4v) is 1.86. The highest BCUT2D eigenvalue weighted by Gasteiger charge is 2.00. The third-order valence-corrected chi connectivity index (χ3v) is 3.00. The highest BCUT2D eigenvalue weighted by Crippen LogP contribution is 2.11. The Morgan fingerprint density at radius 3 is 2.23 bits per heavy atom. The van der Waals surface area contributed by atoms with Crippen LogP contribution in [0.15, 0.2) is 16.9 Å². The Bertz CT molecular complexity index is 249. The zero-order valence-corrected chi connectivity index (χ0v) is 15.7. The van der Waals surface area contributed by atoms with Crippen molar-refractivity contribution < 1.29 is 0 Å². The van der Waals surface area contributed by atoms with E-state index in [0.717, 1.165) is 31.0 Å². The summed E-state index contributed by atoms with van der Waals surface area (Å²) in [5.41, 5.74) is 1.01. The van der Waals surface area contributed by atoms with Gasteiger partial charge in [-0.05, 0) is 45.0 Å². The molecule has 0 aliphatic heterocycles. The van der Waals surface area contributed by atoms with Gasteiger partial charge < -0.3 is 10.4 Å². The van der Waals surface area contributed by atoms with Gasteiger partial charge in [-0.1, -0.05) is 53.9 Å². The highest BCUT2D eigenvalue weighted by atomic mass is 15.4. The fraction of sp³-hybridized carbons (Fsp3) is 0.778. The molecule has 0 amide bonds. The van der Waals surface area contributed by atoms with Crippen LogP contribution in [0.3, 0.4) is 0 Å². The lowest BCUT2D eigenvalue weighted by Gasteiger charge is -2.15. The minimum absolute atomic E-state index is 0.744. The maximum absolute atomic E-state index is 5.94. The van der Waals surface area contributed by atoms with Crippen LogP contribution in [0.1, 0.15) is 79.6 Å². The molecular weight excluding hydrogens is 272 g/mol. The van der Waals surface area contributed by atoms with Gasteiger partial charge >= 0.3 is 0 Å². The second kappa shape index (κ2) is 22.1. The summed E-state index contributed by atoms with van der Waals surface area (Å²) in [4.78, 5) is 4.06. The predicted molar refractivity (Wildman–Crippen MR) is 103 cm³/mol. The van der Waals surface area contributed by atoms with E-state index in [1.165, 1.54) is 32.1 Å². The van der Waals surface area contributed by atoms with Gasteiger partial charge in [-0.3, -0.25) is 4.99 Å². The van der Waals surface area contributed by atoms with Crippen LogP contribution in [0.4, 0.5) is 0 Å². The molecular formula is C18H40N4. The second-order valence-corrected chi connectivity index (χ2v) is 5.36. The lowest BCUT2D eigenvalue weighted by atomic mass is 10.1. The van der Waals surface area contributed by atoms with E-state index in [4.69, 9.17) is 11.3 Å². The first kappa shape index (κ1) is 25.8.